The number of pyridine rings is 1. The number of amides is 1. The Morgan fingerprint density at radius 2 is 1.91 bits per heavy atom. The van der Waals surface area contributed by atoms with Crippen LogP contribution >= 0.6 is 0 Å². The second-order valence-electron chi connectivity index (χ2n) is 9.75. The number of esters is 2. The zero-order valence-electron chi connectivity index (χ0n) is 20.6. The molecule has 9 nitrogen and oxygen atoms in total. The molecule has 0 unspecified atom stereocenters. The molecule has 0 bridgehead atoms. The number of rotatable bonds is 6. The molecule has 0 aliphatic carbocycles. The van der Waals surface area contributed by atoms with Crippen molar-refractivity contribution < 1.29 is 23.9 Å². The monoisotopic (exact) mass is 470 g/mol. The molecule has 1 aromatic heterocycles. The summed E-state index contributed by atoms with van der Waals surface area (Å²) in [5, 5.41) is 9.80. The third kappa shape index (κ3) is 6.25. The van der Waals surface area contributed by atoms with Crippen LogP contribution in [0.25, 0.3) is 0 Å². The SMILES string of the molecule is CCOC(=O)c1cc(C#N)c(N2CCC(C(=O)OC(C)(C)C)CC2)nc1CN1CCCCC1=O. The van der Waals surface area contributed by atoms with Gasteiger partial charge in [-0.25, -0.2) is 9.78 Å². The molecule has 9 heteroatoms. The predicted molar refractivity (Wildman–Crippen MR) is 125 cm³/mol. The summed E-state index contributed by atoms with van der Waals surface area (Å²) in [5.74, 6) is -0.460. The van der Waals surface area contributed by atoms with Crippen LogP contribution < -0.4 is 4.90 Å². The number of hydrogen-bond donors (Lipinski definition) is 0. The summed E-state index contributed by atoms with van der Waals surface area (Å²) in [6.07, 6.45) is 3.42. The standard InChI is InChI=1S/C25H34N4O5/c1-5-33-24(32)19-14-18(15-26)22(27-20(19)16-29-11-7-6-8-21(29)30)28-12-9-17(10-13-28)23(31)34-25(2,3)4/h14,17H,5-13,16H2,1-4H3. The Balaban J connectivity index is 1.86. The molecule has 0 aromatic carbocycles. The van der Waals surface area contributed by atoms with Gasteiger partial charge in [-0.3, -0.25) is 9.59 Å². The minimum atomic E-state index is -0.554. The van der Waals surface area contributed by atoms with Crippen LogP contribution in [0.5, 0.6) is 0 Å². The third-order valence-corrected chi connectivity index (χ3v) is 5.99. The largest absolute Gasteiger partial charge is 0.462 e. The van der Waals surface area contributed by atoms with E-state index in [1.165, 1.54) is 6.07 Å². The van der Waals surface area contributed by atoms with E-state index in [0.717, 1.165) is 12.8 Å². The van der Waals surface area contributed by atoms with E-state index in [4.69, 9.17) is 14.5 Å². The van der Waals surface area contributed by atoms with Crippen LogP contribution in [0.15, 0.2) is 6.07 Å². The molecule has 184 valence electrons. The summed E-state index contributed by atoms with van der Waals surface area (Å²) in [6.45, 7) is 9.34. The minimum Gasteiger partial charge on any atom is -0.462 e. The molecule has 3 rings (SSSR count). The molecule has 0 N–H and O–H groups in total. The Kier molecular flexibility index (Phi) is 8.13. The van der Waals surface area contributed by atoms with Crippen molar-refractivity contribution in [3.05, 3.63) is 22.9 Å². The van der Waals surface area contributed by atoms with E-state index in [-0.39, 0.29) is 42.1 Å². The third-order valence-electron chi connectivity index (χ3n) is 5.99. The summed E-state index contributed by atoms with van der Waals surface area (Å²) < 4.78 is 10.7. The van der Waals surface area contributed by atoms with Crippen molar-refractivity contribution in [2.75, 3.05) is 31.1 Å². The molecule has 0 saturated carbocycles. The molecule has 2 fully saturated rings. The molecule has 3 heterocycles. The van der Waals surface area contributed by atoms with Crippen molar-refractivity contribution in [1.29, 1.82) is 5.26 Å². The van der Waals surface area contributed by atoms with Gasteiger partial charge in [-0.15, -0.1) is 0 Å². The first-order valence-corrected chi connectivity index (χ1v) is 12.0. The molecule has 2 saturated heterocycles. The van der Waals surface area contributed by atoms with Gasteiger partial charge in [0.1, 0.15) is 17.5 Å². The molecule has 0 atom stereocenters. The number of nitrogens with zero attached hydrogens (tertiary/aromatic N) is 4. The van der Waals surface area contributed by atoms with Gasteiger partial charge in [0.05, 0.1) is 35.9 Å². The first-order chi connectivity index (χ1) is 16.1. The molecular weight excluding hydrogens is 436 g/mol. The van der Waals surface area contributed by atoms with Crippen molar-refractivity contribution in [2.24, 2.45) is 5.92 Å². The summed E-state index contributed by atoms with van der Waals surface area (Å²) >= 11 is 0. The minimum absolute atomic E-state index is 0.0342. The van der Waals surface area contributed by atoms with Gasteiger partial charge in [-0.1, -0.05) is 0 Å². The van der Waals surface area contributed by atoms with Gasteiger partial charge in [0, 0.05) is 26.1 Å². The van der Waals surface area contributed by atoms with Crippen LogP contribution in [-0.4, -0.2) is 59.6 Å². The predicted octanol–water partition coefficient (Wildman–Crippen LogP) is 3.20. The fourth-order valence-corrected chi connectivity index (χ4v) is 4.29. The highest BCUT2D eigenvalue weighted by Crippen LogP contribution is 2.29. The van der Waals surface area contributed by atoms with Crippen molar-refractivity contribution in [3.63, 3.8) is 0 Å². The second-order valence-corrected chi connectivity index (χ2v) is 9.75. The molecule has 34 heavy (non-hydrogen) atoms. The topological polar surface area (TPSA) is 113 Å². The molecule has 1 amide bonds. The van der Waals surface area contributed by atoms with E-state index in [0.29, 0.717) is 50.4 Å². The van der Waals surface area contributed by atoms with Crippen LogP contribution in [0.3, 0.4) is 0 Å². The number of aromatic nitrogens is 1. The maximum atomic E-state index is 12.6. The Labute approximate surface area is 201 Å². The highest BCUT2D eigenvalue weighted by Gasteiger charge is 2.31. The molecule has 0 spiro atoms. The van der Waals surface area contributed by atoms with Gasteiger partial charge in [0.2, 0.25) is 5.91 Å². The number of nitriles is 1. The fourth-order valence-electron chi connectivity index (χ4n) is 4.29. The Hall–Kier alpha value is -3.15. The average Bonchev–Trinajstić information content (AvgIpc) is 2.79. The van der Waals surface area contributed by atoms with Crippen molar-refractivity contribution in [3.8, 4) is 6.07 Å². The maximum absolute atomic E-state index is 12.6. The maximum Gasteiger partial charge on any atom is 0.340 e. The summed E-state index contributed by atoms with van der Waals surface area (Å²) in [6, 6.07) is 3.67. The van der Waals surface area contributed by atoms with E-state index in [1.807, 2.05) is 25.7 Å². The quantitative estimate of drug-likeness (QED) is 0.583. The van der Waals surface area contributed by atoms with Gasteiger partial charge in [-0.2, -0.15) is 5.26 Å². The first kappa shape index (κ1) is 25.5. The van der Waals surface area contributed by atoms with Crippen molar-refractivity contribution >= 4 is 23.7 Å². The van der Waals surface area contributed by atoms with Gasteiger partial charge in [0.15, 0.2) is 0 Å². The number of anilines is 1. The number of likely N-dealkylation sites (tertiary alicyclic amines) is 1. The van der Waals surface area contributed by atoms with Crippen LogP contribution in [0.4, 0.5) is 5.82 Å². The number of hydrogen-bond acceptors (Lipinski definition) is 8. The van der Waals surface area contributed by atoms with E-state index in [1.54, 1.807) is 11.8 Å². The highest BCUT2D eigenvalue weighted by molar-refractivity contribution is 5.92. The Morgan fingerprint density at radius 3 is 2.50 bits per heavy atom. The smallest absolute Gasteiger partial charge is 0.340 e. The van der Waals surface area contributed by atoms with E-state index in [9.17, 15) is 19.6 Å². The Bertz CT molecular complexity index is 971. The summed E-state index contributed by atoms with van der Waals surface area (Å²) in [5.41, 5.74) is 0.377. The van der Waals surface area contributed by atoms with Crippen LogP contribution in [-0.2, 0) is 25.6 Å². The van der Waals surface area contributed by atoms with E-state index < -0.39 is 11.6 Å². The lowest BCUT2D eigenvalue weighted by Gasteiger charge is -2.34. The number of piperidine rings is 2. The summed E-state index contributed by atoms with van der Waals surface area (Å²) in [7, 11) is 0. The average molecular weight is 471 g/mol. The van der Waals surface area contributed by atoms with Crippen LogP contribution in [0, 0.1) is 17.2 Å². The lowest BCUT2D eigenvalue weighted by Crippen LogP contribution is -2.40. The lowest BCUT2D eigenvalue weighted by molar-refractivity contribution is -0.160. The van der Waals surface area contributed by atoms with Crippen LogP contribution in [0.2, 0.25) is 0 Å². The van der Waals surface area contributed by atoms with Gasteiger partial charge < -0.3 is 19.3 Å². The number of carbonyl (C=O) groups excluding carboxylic acids is 3. The van der Waals surface area contributed by atoms with E-state index >= 15 is 0 Å². The zero-order chi connectivity index (χ0) is 24.9. The Morgan fingerprint density at radius 1 is 1.21 bits per heavy atom. The normalized spacial score (nSPS) is 17.3. The molecule has 1 aromatic rings. The lowest BCUT2D eigenvalue weighted by atomic mass is 9.96. The number of carbonyl (C=O) groups is 3. The van der Waals surface area contributed by atoms with Gasteiger partial charge in [0.25, 0.3) is 0 Å². The fraction of sp³-hybridized carbons (Fsp3) is 0.640. The van der Waals surface area contributed by atoms with Gasteiger partial charge in [-0.05, 0) is 59.4 Å². The molecule has 0 radical (unpaired) electrons. The summed E-state index contributed by atoms with van der Waals surface area (Å²) in [4.78, 5) is 45.9. The molecule has 2 aliphatic rings. The second kappa shape index (κ2) is 10.9. The van der Waals surface area contributed by atoms with E-state index in [2.05, 4.69) is 6.07 Å². The van der Waals surface area contributed by atoms with Crippen molar-refractivity contribution in [1.82, 2.24) is 9.88 Å². The zero-order valence-corrected chi connectivity index (χ0v) is 20.6. The molecular formula is C25H34N4O5. The number of ether oxygens (including phenoxy) is 2. The van der Waals surface area contributed by atoms with Crippen LogP contribution in [0.1, 0.15) is 81.4 Å². The molecule has 2 aliphatic heterocycles. The van der Waals surface area contributed by atoms with Gasteiger partial charge >= 0.3 is 11.9 Å². The highest BCUT2D eigenvalue weighted by atomic mass is 16.6. The first-order valence-electron chi connectivity index (χ1n) is 12.0. The van der Waals surface area contributed by atoms with Crippen molar-refractivity contribution in [2.45, 2.75) is 71.9 Å².